The summed E-state index contributed by atoms with van der Waals surface area (Å²) in [4.78, 5) is 12.5. The fourth-order valence-corrected chi connectivity index (χ4v) is 2.77. The van der Waals surface area contributed by atoms with Gasteiger partial charge in [-0.3, -0.25) is 4.79 Å². The van der Waals surface area contributed by atoms with E-state index in [0.29, 0.717) is 23.0 Å². The summed E-state index contributed by atoms with van der Waals surface area (Å²) in [6, 6.07) is 9.42. The fourth-order valence-electron chi connectivity index (χ4n) is 2.77. The number of carbonyl (C=O) groups excluding carboxylic acids is 1. The van der Waals surface area contributed by atoms with Crippen molar-refractivity contribution in [3.8, 4) is 23.0 Å². The van der Waals surface area contributed by atoms with Crippen molar-refractivity contribution in [2.45, 2.75) is 33.1 Å². The molecule has 2 aromatic rings. The van der Waals surface area contributed by atoms with Gasteiger partial charge in [0, 0.05) is 0 Å². The predicted molar refractivity (Wildman–Crippen MR) is 101 cm³/mol. The van der Waals surface area contributed by atoms with Gasteiger partial charge in [-0.1, -0.05) is 26.0 Å². The van der Waals surface area contributed by atoms with E-state index in [1.807, 2.05) is 25.1 Å². The van der Waals surface area contributed by atoms with Gasteiger partial charge >= 0.3 is 5.97 Å². The van der Waals surface area contributed by atoms with Gasteiger partial charge in [-0.2, -0.15) is 0 Å². The van der Waals surface area contributed by atoms with E-state index in [-0.39, 0.29) is 18.3 Å². The van der Waals surface area contributed by atoms with Crippen LogP contribution in [-0.2, 0) is 11.2 Å². The zero-order valence-corrected chi connectivity index (χ0v) is 16.2. The summed E-state index contributed by atoms with van der Waals surface area (Å²) in [5, 5.41) is 0. The SMILES string of the molecule is COc1cc(CC(=O)Oc2cc(C)ccc2C(C)C)cc(OC)c1OC. The topological polar surface area (TPSA) is 54.0 Å². The van der Waals surface area contributed by atoms with Gasteiger partial charge in [-0.25, -0.2) is 0 Å². The van der Waals surface area contributed by atoms with Crippen LogP contribution in [0.25, 0.3) is 0 Å². The summed E-state index contributed by atoms with van der Waals surface area (Å²) in [5.74, 6) is 2.04. The fraction of sp³-hybridized carbons (Fsp3) is 0.381. The molecular weight excluding hydrogens is 332 g/mol. The van der Waals surface area contributed by atoms with Crippen molar-refractivity contribution >= 4 is 5.97 Å². The molecule has 0 unspecified atom stereocenters. The van der Waals surface area contributed by atoms with Crippen molar-refractivity contribution in [2.75, 3.05) is 21.3 Å². The molecule has 0 N–H and O–H groups in total. The van der Waals surface area contributed by atoms with Crippen LogP contribution in [0.2, 0.25) is 0 Å². The Hall–Kier alpha value is -2.69. The molecule has 0 aliphatic heterocycles. The van der Waals surface area contributed by atoms with Crippen molar-refractivity contribution in [1.82, 2.24) is 0 Å². The van der Waals surface area contributed by atoms with Crippen LogP contribution >= 0.6 is 0 Å². The van der Waals surface area contributed by atoms with Crippen LogP contribution in [0, 0.1) is 6.92 Å². The first-order valence-corrected chi connectivity index (χ1v) is 8.49. The Morgan fingerprint density at radius 1 is 0.923 bits per heavy atom. The first-order valence-electron chi connectivity index (χ1n) is 8.49. The number of methoxy groups -OCH3 is 3. The molecule has 0 amide bonds. The highest BCUT2D eigenvalue weighted by atomic mass is 16.5. The second-order valence-electron chi connectivity index (χ2n) is 6.38. The van der Waals surface area contributed by atoms with Crippen molar-refractivity contribution in [3.63, 3.8) is 0 Å². The van der Waals surface area contributed by atoms with E-state index in [0.717, 1.165) is 16.7 Å². The predicted octanol–water partition coefficient (Wildman–Crippen LogP) is 4.29. The Morgan fingerprint density at radius 2 is 1.54 bits per heavy atom. The van der Waals surface area contributed by atoms with Gasteiger partial charge in [0.1, 0.15) is 5.75 Å². The minimum atomic E-state index is -0.341. The molecule has 0 atom stereocenters. The average molecular weight is 358 g/mol. The second kappa shape index (κ2) is 8.61. The van der Waals surface area contributed by atoms with Crippen molar-refractivity contribution in [2.24, 2.45) is 0 Å². The van der Waals surface area contributed by atoms with E-state index in [4.69, 9.17) is 18.9 Å². The lowest BCUT2D eigenvalue weighted by molar-refractivity contribution is -0.133. The molecule has 5 heteroatoms. The van der Waals surface area contributed by atoms with Crippen LogP contribution in [0.15, 0.2) is 30.3 Å². The largest absolute Gasteiger partial charge is 0.493 e. The summed E-state index contributed by atoms with van der Waals surface area (Å²) in [5.41, 5.74) is 2.78. The molecule has 0 radical (unpaired) electrons. The van der Waals surface area contributed by atoms with E-state index in [1.54, 1.807) is 33.5 Å². The monoisotopic (exact) mass is 358 g/mol. The lowest BCUT2D eigenvalue weighted by Crippen LogP contribution is -2.13. The van der Waals surface area contributed by atoms with Gasteiger partial charge in [0.05, 0.1) is 27.8 Å². The minimum absolute atomic E-state index is 0.0994. The minimum Gasteiger partial charge on any atom is -0.493 e. The highest BCUT2D eigenvalue weighted by molar-refractivity contribution is 5.76. The van der Waals surface area contributed by atoms with E-state index >= 15 is 0 Å². The molecule has 0 heterocycles. The van der Waals surface area contributed by atoms with Crippen LogP contribution in [0.4, 0.5) is 0 Å². The molecule has 2 aromatic carbocycles. The molecule has 0 saturated carbocycles. The molecule has 0 aromatic heterocycles. The number of esters is 1. The number of aryl methyl sites for hydroxylation is 1. The summed E-state index contributed by atoms with van der Waals surface area (Å²) in [6.07, 6.45) is 0.0994. The highest BCUT2D eigenvalue weighted by Crippen LogP contribution is 2.38. The third kappa shape index (κ3) is 4.48. The quantitative estimate of drug-likeness (QED) is 0.546. The van der Waals surface area contributed by atoms with Gasteiger partial charge in [0.15, 0.2) is 11.5 Å². The summed E-state index contributed by atoms with van der Waals surface area (Å²) < 4.78 is 21.6. The number of carbonyl (C=O) groups is 1. The van der Waals surface area contributed by atoms with E-state index in [2.05, 4.69) is 13.8 Å². The molecular formula is C21H26O5. The Labute approximate surface area is 154 Å². The van der Waals surface area contributed by atoms with E-state index in [9.17, 15) is 4.79 Å². The van der Waals surface area contributed by atoms with Crippen LogP contribution < -0.4 is 18.9 Å². The zero-order valence-electron chi connectivity index (χ0n) is 16.2. The van der Waals surface area contributed by atoms with Gasteiger partial charge < -0.3 is 18.9 Å². The van der Waals surface area contributed by atoms with Crippen LogP contribution in [0.3, 0.4) is 0 Å². The zero-order chi connectivity index (χ0) is 19.3. The van der Waals surface area contributed by atoms with Gasteiger partial charge in [0.2, 0.25) is 5.75 Å². The summed E-state index contributed by atoms with van der Waals surface area (Å²) >= 11 is 0. The van der Waals surface area contributed by atoms with Crippen LogP contribution in [0.1, 0.15) is 36.5 Å². The molecule has 0 spiro atoms. The Morgan fingerprint density at radius 3 is 2.04 bits per heavy atom. The molecule has 140 valence electrons. The Balaban J connectivity index is 2.25. The summed E-state index contributed by atoms with van der Waals surface area (Å²) in [7, 11) is 4.63. The standard InChI is InChI=1S/C21H26O5/c1-13(2)16-8-7-14(3)9-17(16)26-20(22)12-15-10-18(23-4)21(25-6)19(11-15)24-5/h7-11,13H,12H2,1-6H3. The molecule has 0 aliphatic carbocycles. The third-order valence-electron chi connectivity index (χ3n) is 4.09. The number of benzene rings is 2. The molecule has 0 fully saturated rings. The molecule has 0 saturated heterocycles. The van der Waals surface area contributed by atoms with Crippen LogP contribution in [-0.4, -0.2) is 27.3 Å². The van der Waals surface area contributed by atoms with E-state index in [1.165, 1.54) is 0 Å². The maximum Gasteiger partial charge on any atom is 0.315 e. The van der Waals surface area contributed by atoms with Gasteiger partial charge in [0.25, 0.3) is 0 Å². The van der Waals surface area contributed by atoms with Crippen LogP contribution in [0.5, 0.6) is 23.0 Å². The Bertz CT molecular complexity index is 755. The first kappa shape index (κ1) is 19.6. The molecule has 0 bridgehead atoms. The Kier molecular flexibility index (Phi) is 6.50. The lowest BCUT2D eigenvalue weighted by Gasteiger charge is -2.15. The number of rotatable bonds is 7. The third-order valence-corrected chi connectivity index (χ3v) is 4.09. The second-order valence-corrected chi connectivity index (χ2v) is 6.38. The normalized spacial score (nSPS) is 10.6. The number of hydrogen-bond acceptors (Lipinski definition) is 5. The molecule has 2 rings (SSSR count). The van der Waals surface area contributed by atoms with E-state index < -0.39 is 0 Å². The van der Waals surface area contributed by atoms with Crippen molar-refractivity contribution < 1.29 is 23.7 Å². The highest BCUT2D eigenvalue weighted by Gasteiger charge is 2.17. The first-order chi connectivity index (χ1) is 12.4. The van der Waals surface area contributed by atoms with Gasteiger partial charge in [-0.15, -0.1) is 0 Å². The lowest BCUT2D eigenvalue weighted by atomic mass is 10.0. The number of hydrogen-bond donors (Lipinski definition) is 0. The number of ether oxygens (including phenoxy) is 4. The smallest absolute Gasteiger partial charge is 0.315 e. The molecule has 26 heavy (non-hydrogen) atoms. The molecule has 0 aliphatic rings. The summed E-state index contributed by atoms with van der Waals surface area (Å²) in [6.45, 7) is 6.11. The molecule has 5 nitrogen and oxygen atoms in total. The van der Waals surface area contributed by atoms with Crippen molar-refractivity contribution in [1.29, 1.82) is 0 Å². The van der Waals surface area contributed by atoms with Gasteiger partial charge in [-0.05, 0) is 47.7 Å². The van der Waals surface area contributed by atoms with Crippen molar-refractivity contribution in [3.05, 3.63) is 47.0 Å². The average Bonchev–Trinajstić information content (AvgIpc) is 2.60. The maximum absolute atomic E-state index is 12.5. The maximum atomic E-state index is 12.5.